The van der Waals surface area contributed by atoms with E-state index >= 15 is 0 Å². The fraction of sp³-hybridized carbons (Fsp3) is 0.500. The number of hydrogen-bond acceptors (Lipinski definition) is 4. The van der Waals surface area contributed by atoms with Gasteiger partial charge in [0.05, 0.1) is 22.2 Å². The van der Waals surface area contributed by atoms with Crippen molar-refractivity contribution in [3.05, 3.63) is 16.1 Å². The van der Waals surface area contributed by atoms with Crippen molar-refractivity contribution < 1.29 is 4.74 Å². The molecule has 2 rings (SSSR count). The Morgan fingerprint density at radius 2 is 2.25 bits per heavy atom. The summed E-state index contributed by atoms with van der Waals surface area (Å²) in [6.07, 6.45) is 1.08. The summed E-state index contributed by atoms with van der Waals surface area (Å²) in [5.41, 5.74) is 5.63. The third-order valence-corrected chi connectivity index (χ3v) is 3.25. The minimum atomic E-state index is 0.148. The second-order valence-corrected chi connectivity index (χ2v) is 4.62. The predicted molar refractivity (Wildman–Crippen MR) is 66.1 cm³/mol. The molecule has 0 bridgehead atoms. The van der Waals surface area contributed by atoms with Crippen LogP contribution in [0.3, 0.4) is 0 Å². The van der Waals surface area contributed by atoms with E-state index in [2.05, 4.69) is 10.3 Å². The number of nitrogen functional groups attached to an aromatic ring is 1. The van der Waals surface area contributed by atoms with E-state index in [-0.39, 0.29) is 18.0 Å². The first-order valence-corrected chi connectivity index (χ1v) is 5.83. The molecule has 0 aromatic carbocycles. The Bertz CT molecular complexity index is 400. The number of aromatic nitrogens is 1. The van der Waals surface area contributed by atoms with Crippen LogP contribution in [0.4, 0.5) is 11.6 Å². The lowest BCUT2D eigenvalue weighted by Gasteiger charge is -2.17. The van der Waals surface area contributed by atoms with Crippen LogP contribution in [0.1, 0.15) is 13.3 Å². The van der Waals surface area contributed by atoms with Gasteiger partial charge in [0.1, 0.15) is 11.6 Å². The van der Waals surface area contributed by atoms with Crippen LogP contribution in [0, 0.1) is 0 Å². The number of halogens is 2. The lowest BCUT2D eigenvalue weighted by atomic mass is 10.1. The zero-order valence-corrected chi connectivity index (χ0v) is 10.3. The minimum absolute atomic E-state index is 0.148. The first kappa shape index (κ1) is 11.8. The monoisotopic (exact) mass is 261 g/mol. The van der Waals surface area contributed by atoms with Crippen LogP contribution >= 0.6 is 23.2 Å². The van der Waals surface area contributed by atoms with E-state index in [4.69, 9.17) is 33.7 Å². The average Bonchev–Trinajstić information content (AvgIpc) is 2.61. The normalized spacial score (nSPS) is 24.7. The average molecular weight is 262 g/mol. The van der Waals surface area contributed by atoms with Gasteiger partial charge in [0.2, 0.25) is 0 Å². The molecule has 1 saturated heterocycles. The smallest absolute Gasteiger partial charge is 0.147 e. The van der Waals surface area contributed by atoms with Gasteiger partial charge in [-0.1, -0.05) is 23.2 Å². The Labute approximate surface area is 104 Å². The van der Waals surface area contributed by atoms with E-state index in [1.807, 2.05) is 6.92 Å². The fourth-order valence-corrected chi connectivity index (χ4v) is 2.09. The summed E-state index contributed by atoms with van der Waals surface area (Å²) in [6, 6.07) is 1.81. The van der Waals surface area contributed by atoms with Crippen molar-refractivity contribution in [1.29, 1.82) is 0 Å². The van der Waals surface area contributed by atoms with Gasteiger partial charge in [-0.2, -0.15) is 0 Å². The Morgan fingerprint density at radius 3 is 2.88 bits per heavy atom. The second kappa shape index (κ2) is 4.65. The van der Waals surface area contributed by atoms with Crippen LogP contribution in [0.15, 0.2) is 6.07 Å². The van der Waals surface area contributed by atoms with E-state index < -0.39 is 0 Å². The first-order valence-electron chi connectivity index (χ1n) is 5.07. The molecule has 1 aliphatic rings. The number of nitrogens with zero attached hydrogens (tertiary/aromatic N) is 1. The van der Waals surface area contributed by atoms with E-state index in [0.717, 1.165) is 13.0 Å². The van der Waals surface area contributed by atoms with E-state index in [9.17, 15) is 0 Å². The largest absolute Gasteiger partial charge is 0.382 e. The van der Waals surface area contributed by atoms with Crippen molar-refractivity contribution in [2.45, 2.75) is 25.5 Å². The number of anilines is 2. The second-order valence-electron chi connectivity index (χ2n) is 3.80. The highest BCUT2D eigenvalue weighted by Gasteiger charge is 2.25. The number of pyridine rings is 1. The molecule has 0 aliphatic carbocycles. The SMILES string of the molecule is CC1OCCC1Nc1nc(N)c(Cl)cc1Cl. The molecule has 0 saturated carbocycles. The number of nitrogens with one attached hydrogen (secondary N) is 1. The lowest BCUT2D eigenvalue weighted by Crippen LogP contribution is -2.27. The van der Waals surface area contributed by atoms with Crippen molar-refractivity contribution in [3.63, 3.8) is 0 Å². The van der Waals surface area contributed by atoms with Crippen LogP contribution < -0.4 is 11.1 Å². The maximum Gasteiger partial charge on any atom is 0.147 e. The van der Waals surface area contributed by atoms with Crippen LogP contribution in [0.25, 0.3) is 0 Å². The summed E-state index contributed by atoms with van der Waals surface area (Å²) >= 11 is 11.8. The molecule has 1 aliphatic heterocycles. The summed E-state index contributed by atoms with van der Waals surface area (Å²) in [7, 11) is 0. The number of ether oxygens (including phenoxy) is 1. The first-order chi connectivity index (χ1) is 7.58. The Hall–Kier alpha value is -0.710. The van der Waals surface area contributed by atoms with Crippen molar-refractivity contribution in [1.82, 2.24) is 4.98 Å². The van der Waals surface area contributed by atoms with Crippen LogP contribution in [-0.4, -0.2) is 23.7 Å². The summed E-state index contributed by atoms with van der Waals surface area (Å²) in [5.74, 6) is 0.839. The Morgan fingerprint density at radius 1 is 1.50 bits per heavy atom. The van der Waals surface area contributed by atoms with Crippen LogP contribution in [-0.2, 0) is 4.74 Å². The number of rotatable bonds is 2. The molecular weight excluding hydrogens is 249 g/mol. The van der Waals surface area contributed by atoms with Crippen molar-refractivity contribution >= 4 is 34.8 Å². The molecule has 2 atom stereocenters. The molecule has 2 heterocycles. The quantitative estimate of drug-likeness (QED) is 0.859. The molecule has 0 spiro atoms. The van der Waals surface area contributed by atoms with Crippen LogP contribution in [0.5, 0.6) is 0 Å². The summed E-state index contributed by atoms with van der Waals surface area (Å²) in [4.78, 5) is 4.12. The standard InChI is InChI=1S/C10H13Cl2N3O/c1-5-8(2-3-16-5)14-10-7(12)4-6(11)9(13)15-10/h4-5,8H,2-3H2,1H3,(H3,13,14,15). The van der Waals surface area contributed by atoms with Crippen molar-refractivity contribution in [2.24, 2.45) is 0 Å². The van der Waals surface area contributed by atoms with Gasteiger partial charge in [0.25, 0.3) is 0 Å². The minimum Gasteiger partial charge on any atom is -0.382 e. The van der Waals surface area contributed by atoms with Crippen molar-refractivity contribution in [2.75, 3.05) is 17.7 Å². The zero-order valence-electron chi connectivity index (χ0n) is 8.84. The van der Waals surface area contributed by atoms with E-state index in [0.29, 0.717) is 15.9 Å². The number of nitrogens with two attached hydrogens (primary N) is 1. The molecule has 0 radical (unpaired) electrons. The van der Waals surface area contributed by atoms with Gasteiger partial charge in [-0.15, -0.1) is 0 Å². The molecule has 1 fully saturated rings. The van der Waals surface area contributed by atoms with Crippen molar-refractivity contribution in [3.8, 4) is 0 Å². The van der Waals surface area contributed by atoms with E-state index in [1.165, 1.54) is 0 Å². The highest BCUT2D eigenvalue weighted by atomic mass is 35.5. The van der Waals surface area contributed by atoms with Gasteiger partial charge in [0, 0.05) is 6.61 Å². The lowest BCUT2D eigenvalue weighted by molar-refractivity contribution is 0.121. The molecule has 0 amide bonds. The molecule has 88 valence electrons. The van der Waals surface area contributed by atoms with Gasteiger partial charge in [-0.05, 0) is 19.4 Å². The highest BCUT2D eigenvalue weighted by molar-refractivity contribution is 6.37. The number of hydrogen-bond donors (Lipinski definition) is 2. The predicted octanol–water partition coefficient (Wildman–Crippen LogP) is 2.56. The highest BCUT2D eigenvalue weighted by Crippen LogP contribution is 2.29. The summed E-state index contributed by atoms with van der Waals surface area (Å²) < 4.78 is 5.44. The fourth-order valence-electron chi connectivity index (χ4n) is 1.68. The molecule has 1 aromatic rings. The summed E-state index contributed by atoms with van der Waals surface area (Å²) in [5, 5.41) is 4.06. The Balaban J connectivity index is 2.18. The van der Waals surface area contributed by atoms with Gasteiger partial charge >= 0.3 is 0 Å². The maximum absolute atomic E-state index is 6.02. The van der Waals surface area contributed by atoms with Crippen LogP contribution in [0.2, 0.25) is 10.0 Å². The molecule has 6 heteroatoms. The van der Waals surface area contributed by atoms with Gasteiger partial charge < -0.3 is 15.8 Å². The third kappa shape index (κ3) is 2.34. The van der Waals surface area contributed by atoms with Gasteiger partial charge in [-0.3, -0.25) is 0 Å². The van der Waals surface area contributed by atoms with Gasteiger partial charge in [-0.25, -0.2) is 4.98 Å². The maximum atomic E-state index is 6.02. The molecule has 1 aromatic heterocycles. The molecule has 16 heavy (non-hydrogen) atoms. The molecule has 4 nitrogen and oxygen atoms in total. The zero-order chi connectivity index (χ0) is 11.7. The molecule has 2 unspecified atom stereocenters. The molecule has 3 N–H and O–H groups in total. The third-order valence-electron chi connectivity index (χ3n) is 2.65. The summed E-state index contributed by atoms with van der Waals surface area (Å²) in [6.45, 7) is 2.76. The topological polar surface area (TPSA) is 60.2 Å². The van der Waals surface area contributed by atoms with E-state index in [1.54, 1.807) is 6.07 Å². The molecular formula is C10H13Cl2N3O. The van der Waals surface area contributed by atoms with Gasteiger partial charge in [0.15, 0.2) is 0 Å². The Kier molecular flexibility index (Phi) is 3.42.